The summed E-state index contributed by atoms with van der Waals surface area (Å²) < 4.78 is 19.0. The van der Waals surface area contributed by atoms with Crippen LogP contribution in [0.5, 0.6) is 0 Å². The van der Waals surface area contributed by atoms with Crippen LogP contribution in [0, 0.1) is 5.82 Å². The molecule has 0 bridgehead atoms. The summed E-state index contributed by atoms with van der Waals surface area (Å²) in [6, 6.07) is 4.70. The highest BCUT2D eigenvalue weighted by molar-refractivity contribution is 5.56. The number of nitrogens with two attached hydrogens (primary N) is 1. The summed E-state index contributed by atoms with van der Waals surface area (Å²) in [7, 11) is 0. The Hall–Kier alpha value is -1.29. The van der Waals surface area contributed by atoms with Gasteiger partial charge in [-0.3, -0.25) is 0 Å². The van der Waals surface area contributed by atoms with E-state index in [2.05, 4.69) is 11.8 Å². The normalized spacial score (nSPS) is 21.3. The van der Waals surface area contributed by atoms with Gasteiger partial charge in [0.25, 0.3) is 0 Å². The molecule has 0 spiro atoms. The molecule has 1 aromatic rings. The van der Waals surface area contributed by atoms with Gasteiger partial charge in [0.05, 0.1) is 6.10 Å². The van der Waals surface area contributed by atoms with E-state index in [1.54, 1.807) is 0 Å². The Morgan fingerprint density at radius 3 is 3.00 bits per heavy atom. The van der Waals surface area contributed by atoms with Gasteiger partial charge in [-0.2, -0.15) is 0 Å². The maximum absolute atomic E-state index is 13.3. The van der Waals surface area contributed by atoms with Crippen molar-refractivity contribution in [2.24, 2.45) is 0 Å². The molecule has 3 nitrogen and oxygen atoms in total. The fraction of sp³-hybridized carbons (Fsp3) is 0.538. The van der Waals surface area contributed by atoms with Crippen molar-refractivity contribution in [3.8, 4) is 0 Å². The van der Waals surface area contributed by atoms with E-state index in [4.69, 9.17) is 10.5 Å². The predicted molar refractivity (Wildman–Crippen MR) is 67.7 cm³/mol. The summed E-state index contributed by atoms with van der Waals surface area (Å²) in [5.74, 6) is -0.279. The Balaban J connectivity index is 2.18. The molecule has 1 fully saturated rings. The second-order valence-electron chi connectivity index (χ2n) is 4.44. The highest BCUT2D eigenvalue weighted by Crippen LogP contribution is 2.22. The van der Waals surface area contributed by atoms with Crippen molar-refractivity contribution in [2.75, 3.05) is 30.3 Å². The van der Waals surface area contributed by atoms with Gasteiger partial charge in [-0.1, -0.05) is 6.92 Å². The van der Waals surface area contributed by atoms with Gasteiger partial charge >= 0.3 is 0 Å². The van der Waals surface area contributed by atoms with Crippen LogP contribution in [0.2, 0.25) is 0 Å². The van der Waals surface area contributed by atoms with Crippen molar-refractivity contribution in [3.05, 3.63) is 24.0 Å². The number of hydrogen-bond donors (Lipinski definition) is 1. The van der Waals surface area contributed by atoms with Crippen LogP contribution in [0.1, 0.15) is 19.8 Å². The number of nitrogen functional groups attached to an aromatic ring is 1. The first-order valence-electron chi connectivity index (χ1n) is 6.11. The van der Waals surface area contributed by atoms with E-state index < -0.39 is 0 Å². The zero-order chi connectivity index (χ0) is 12.3. The van der Waals surface area contributed by atoms with Crippen LogP contribution in [0.15, 0.2) is 18.2 Å². The first-order valence-corrected chi connectivity index (χ1v) is 6.11. The third-order valence-electron chi connectivity index (χ3n) is 3.08. The monoisotopic (exact) mass is 238 g/mol. The molecule has 4 heteroatoms. The molecule has 0 aromatic heterocycles. The zero-order valence-corrected chi connectivity index (χ0v) is 10.2. The Bertz CT molecular complexity index is 363. The van der Waals surface area contributed by atoms with Gasteiger partial charge in [-0.05, 0) is 31.0 Å². The molecule has 0 amide bonds. The standard InChI is InChI=1S/C13H19FN2O/c1-2-13-9-16(4-3-5-17-13)12-7-10(14)6-11(15)8-12/h6-8,13H,2-5,9,15H2,1H3. The van der Waals surface area contributed by atoms with Crippen molar-refractivity contribution in [1.82, 2.24) is 0 Å². The fourth-order valence-corrected chi connectivity index (χ4v) is 2.16. The predicted octanol–water partition coefficient (Wildman–Crippen LogP) is 2.41. The molecule has 0 aliphatic carbocycles. The lowest BCUT2D eigenvalue weighted by Gasteiger charge is -2.25. The average molecular weight is 238 g/mol. The van der Waals surface area contributed by atoms with E-state index >= 15 is 0 Å². The molecule has 2 N–H and O–H groups in total. The van der Waals surface area contributed by atoms with Crippen LogP contribution in [0.4, 0.5) is 15.8 Å². The zero-order valence-electron chi connectivity index (χ0n) is 10.2. The Morgan fingerprint density at radius 2 is 2.29 bits per heavy atom. The molecule has 1 aliphatic heterocycles. The number of anilines is 2. The minimum Gasteiger partial charge on any atom is -0.399 e. The lowest BCUT2D eigenvalue weighted by Crippen LogP contribution is -2.31. The van der Waals surface area contributed by atoms with Gasteiger partial charge < -0.3 is 15.4 Å². The minimum atomic E-state index is -0.279. The number of hydrogen-bond acceptors (Lipinski definition) is 3. The van der Waals surface area contributed by atoms with Crippen molar-refractivity contribution in [2.45, 2.75) is 25.9 Å². The summed E-state index contributed by atoms with van der Waals surface area (Å²) in [4.78, 5) is 2.15. The van der Waals surface area contributed by atoms with Gasteiger partial charge in [0.2, 0.25) is 0 Å². The third-order valence-corrected chi connectivity index (χ3v) is 3.08. The minimum absolute atomic E-state index is 0.224. The van der Waals surface area contributed by atoms with E-state index in [-0.39, 0.29) is 11.9 Å². The lowest BCUT2D eigenvalue weighted by molar-refractivity contribution is 0.0664. The second kappa shape index (κ2) is 5.36. The van der Waals surface area contributed by atoms with E-state index in [9.17, 15) is 4.39 Å². The molecule has 94 valence electrons. The molecule has 1 aliphatic rings. The largest absolute Gasteiger partial charge is 0.399 e. The van der Waals surface area contributed by atoms with Crippen LogP contribution in [0.25, 0.3) is 0 Å². The summed E-state index contributed by atoms with van der Waals surface area (Å²) in [5, 5.41) is 0. The maximum Gasteiger partial charge on any atom is 0.127 e. The Kier molecular flexibility index (Phi) is 3.84. The molecule has 2 rings (SSSR count). The van der Waals surface area contributed by atoms with Gasteiger partial charge in [0.15, 0.2) is 0 Å². The summed E-state index contributed by atoms with van der Waals surface area (Å²) in [6.07, 6.45) is 2.16. The molecule has 0 radical (unpaired) electrons. The van der Waals surface area contributed by atoms with Crippen LogP contribution >= 0.6 is 0 Å². The lowest BCUT2D eigenvalue weighted by atomic mass is 10.2. The Labute approximate surface area is 101 Å². The highest BCUT2D eigenvalue weighted by atomic mass is 19.1. The topological polar surface area (TPSA) is 38.5 Å². The molecule has 1 unspecified atom stereocenters. The van der Waals surface area contributed by atoms with E-state index in [0.29, 0.717) is 5.69 Å². The van der Waals surface area contributed by atoms with Crippen molar-refractivity contribution >= 4 is 11.4 Å². The summed E-state index contributed by atoms with van der Waals surface area (Å²) in [5.41, 5.74) is 7.00. The molecule has 17 heavy (non-hydrogen) atoms. The smallest absolute Gasteiger partial charge is 0.127 e. The van der Waals surface area contributed by atoms with Crippen molar-refractivity contribution in [3.63, 3.8) is 0 Å². The number of halogens is 1. The van der Waals surface area contributed by atoms with Crippen molar-refractivity contribution < 1.29 is 9.13 Å². The van der Waals surface area contributed by atoms with E-state index in [0.717, 1.165) is 38.2 Å². The number of nitrogens with zero attached hydrogens (tertiary/aromatic N) is 1. The van der Waals surface area contributed by atoms with Crippen LogP contribution in [-0.2, 0) is 4.74 Å². The summed E-state index contributed by atoms with van der Waals surface area (Å²) >= 11 is 0. The van der Waals surface area contributed by atoms with Gasteiger partial charge in [0.1, 0.15) is 5.82 Å². The molecule has 1 heterocycles. The SMILES string of the molecule is CCC1CN(c2cc(N)cc(F)c2)CCCO1. The van der Waals surface area contributed by atoms with Gasteiger partial charge in [-0.15, -0.1) is 0 Å². The van der Waals surface area contributed by atoms with Gasteiger partial charge in [-0.25, -0.2) is 4.39 Å². The number of ether oxygens (including phenoxy) is 1. The van der Waals surface area contributed by atoms with E-state index in [1.807, 2.05) is 6.07 Å². The molecule has 1 aromatic carbocycles. The third kappa shape index (κ3) is 3.09. The summed E-state index contributed by atoms with van der Waals surface area (Å²) in [6.45, 7) is 4.58. The fourth-order valence-electron chi connectivity index (χ4n) is 2.16. The number of benzene rings is 1. The first kappa shape index (κ1) is 12.2. The average Bonchev–Trinajstić information content (AvgIpc) is 2.52. The maximum atomic E-state index is 13.3. The molecule has 0 saturated carbocycles. The number of rotatable bonds is 2. The quantitative estimate of drug-likeness (QED) is 0.804. The van der Waals surface area contributed by atoms with Crippen LogP contribution < -0.4 is 10.6 Å². The van der Waals surface area contributed by atoms with Crippen LogP contribution in [-0.4, -0.2) is 25.8 Å². The highest BCUT2D eigenvalue weighted by Gasteiger charge is 2.18. The molecule has 1 atom stereocenters. The van der Waals surface area contributed by atoms with Crippen molar-refractivity contribution in [1.29, 1.82) is 0 Å². The molecule has 1 saturated heterocycles. The molecular formula is C13H19FN2O. The second-order valence-corrected chi connectivity index (χ2v) is 4.44. The van der Waals surface area contributed by atoms with Crippen LogP contribution in [0.3, 0.4) is 0 Å². The first-order chi connectivity index (χ1) is 8.19. The Morgan fingerprint density at radius 1 is 1.47 bits per heavy atom. The van der Waals surface area contributed by atoms with Gasteiger partial charge in [0, 0.05) is 31.1 Å². The van der Waals surface area contributed by atoms with E-state index in [1.165, 1.54) is 12.1 Å². The molecular weight excluding hydrogens is 219 g/mol.